The molecule has 0 spiro atoms. The molecule has 1 aliphatic heterocycles. The lowest BCUT2D eigenvalue weighted by atomic mass is 9.97. The molecule has 4 nitrogen and oxygen atoms in total. The van der Waals surface area contributed by atoms with Crippen LogP contribution >= 0.6 is 0 Å². The van der Waals surface area contributed by atoms with Crippen molar-refractivity contribution < 1.29 is 12.6 Å². The first-order valence-corrected chi connectivity index (χ1v) is 7.33. The molecule has 1 unspecified atom stereocenters. The van der Waals surface area contributed by atoms with Crippen LogP contribution in [0, 0.1) is 6.92 Å². The maximum Gasteiger partial charge on any atom is 0.383 e. The molecule has 2 aromatic rings. The van der Waals surface area contributed by atoms with Crippen LogP contribution in [0.25, 0.3) is 0 Å². The van der Waals surface area contributed by atoms with Gasteiger partial charge in [-0.1, -0.05) is 48.0 Å². The summed E-state index contributed by atoms with van der Waals surface area (Å²) < 4.78 is 31.0. The van der Waals surface area contributed by atoms with E-state index in [4.69, 9.17) is 4.18 Å². The highest BCUT2D eigenvalue weighted by Crippen LogP contribution is 2.35. The molecule has 0 saturated heterocycles. The van der Waals surface area contributed by atoms with Crippen molar-refractivity contribution in [3.63, 3.8) is 0 Å². The van der Waals surface area contributed by atoms with E-state index in [1.54, 1.807) is 6.07 Å². The predicted molar refractivity (Wildman–Crippen MR) is 72.1 cm³/mol. The fourth-order valence-corrected chi connectivity index (χ4v) is 3.20. The Hall–Kier alpha value is -1.85. The number of rotatable bonds is 1. The summed E-state index contributed by atoms with van der Waals surface area (Å²) in [6, 6.07) is 14.5. The van der Waals surface area contributed by atoms with Crippen molar-refractivity contribution in [2.45, 2.75) is 13.0 Å². The van der Waals surface area contributed by atoms with Gasteiger partial charge in [0.15, 0.2) is 0 Å². The fraction of sp³-hybridized carbons (Fsp3) is 0.143. The molecule has 0 fully saturated rings. The zero-order valence-corrected chi connectivity index (χ0v) is 11.1. The van der Waals surface area contributed by atoms with Gasteiger partial charge in [-0.25, -0.2) is 0 Å². The van der Waals surface area contributed by atoms with E-state index in [9.17, 15) is 8.42 Å². The van der Waals surface area contributed by atoms with Crippen molar-refractivity contribution in [3.8, 4) is 5.75 Å². The van der Waals surface area contributed by atoms with Crippen LogP contribution in [-0.2, 0) is 10.3 Å². The van der Waals surface area contributed by atoms with Crippen LogP contribution in [0.15, 0.2) is 48.5 Å². The van der Waals surface area contributed by atoms with Gasteiger partial charge in [0.2, 0.25) is 0 Å². The molecule has 0 aliphatic carbocycles. The van der Waals surface area contributed by atoms with E-state index < -0.39 is 16.3 Å². The zero-order valence-electron chi connectivity index (χ0n) is 10.3. The van der Waals surface area contributed by atoms with E-state index in [0.29, 0.717) is 5.75 Å². The molecule has 1 heterocycles. The molecule has 19 heavy (non-hydrogen) atoms. The molecule has 0 saturated carbocycles. The summed E-state index contributed by atoms with van der Waals surface area (Å²) >= 11 is 0. The molecule has 2 aromatic carbocycles. The Morgan fingerprint density at radius 2 is 1.84 bits per heavy atom. The van der Waals surface area contributed by atoms with Crippen LogP contribution in [0.5, 0.6) is 5.75 Å². The summed E-state index contributed by atoms with van der Waals surface area (Å²) in [4.78, 5) is 0. The first-order chi connectivity index (χ1) is 9.05. The molecule has 3 rings (SSSR count). The Labute approximate surface area is 112 Å². The molecule has 0 amide bonds. The largest absolute Gasteiger partial charge is 0.383 e. The summed E-state index contributed by atoms with van der Waals surface area (Å²) in [7, 11) is -3.76. The number of hydrogen-bond acceptors (Lipinski definition) is 3. The summed E-state index contributed by atoms with van der Waals surface area (Å²) in [6.07, 6.45) is 0. The van der Waals surface area contributed by atoms with E-state index in [-0.39, 0.29) is 0 Å². The van der Waals surface area contributed by atoms with E-state index >= 15 is 0 Å². The lowest BCUT2D eigenvalue weighted by Crippen LogP contribution is -2.37. The van der Waals surface area contributed by atoms with Crippen molar-refractivity contribution in [1.29, 1.82) is 0 Å². The molecule has 1 aliphatic rings. The van der Waals surface area contributed by atoms with Crippen molar-refractivity contribution in [2.75, 3.05) is 0 Å². The lowest BCUT2D eigenvalue weighted by molar-refractivity contribution is 0.441. The Kier molecular flexibility index (Phi) is 2.80. The van der Waals surface area contributed by atoms with E-state index in [1.165, 1.54) is 0 Å². The quantitative estimate of drug-likeness (QED) is 0.869. The summed E-state index contributed by atoms with van der Waals surface area (Å²) in [5.41, 5.74) is 2.78. The Morgan fingerprint density at radius 1 is 1.11 bits per heavy atom. The first-order valence-electron chi connectivity index (χ1n) is 5.92. The van der Waals surface area contributed by atoms with E-state index in [0.717, 1.165) is 16.7 Å². The third kappa shape index (κ3) is 2.34. The van der Waals surface area contributed by atoms with Gasteiger partial charge >= 0.3 is 10.3 Å². The van der Waals surface area contributed by atoms with Crippen LogP contribution in [0.2, 0.25) is 0 Å². The Bertz CT molecular complexity index is 711. The van der Waals surface area contributed by atoms with E-state index in [2.05, 4.69) is 4.72 Å². The van der Waals surface area contributed by atoms with Crippen molar-refractivity contribution in [1.82, 2.24) is 4.72 Å². The molecular weight excluding hydrogens is 262 g/mol. The number of nitrogens with one attached hydrogen (secondary N) is 1. The molecule has 1 atom stereocenters. The van der Waals surface area contributed by atoms with Crippen LogP contribution in [-0.4, -0.2) is 8.42 Å². The van der Waals surface area contributed by atoms with Crippen LogP contribution in [0.3, 0.4) is 0 Å². The van der Waals surface area contributed by atoms with Crippen LogP contribution < -0.4 is 8.91 Å². The second kappa shape index (κ2) is 4.36. The SMILES string of the molecule is Cc1ccc2c(c1)C(c1ccccc1)NS(=O)(=O)O2. The third-order valence-electron chi connectivity index (χ3n) is 3.07. The van der Waals surface area contributed by atoms with Gasteiger partial charge in [-0.05, 0) is 18.6 Å². The predicted octanol–water partition coefficient (Wildman–Crippen LogP) is 2.31. The Morgan fingerprint density at radius 3 is 2.58 bits per heavy atom. The molecule has 1 N–H and O–H groups in total. The fourth-order valence-electron chi connectivity index (χ4n) is 2.21. The zero-order chi connectivity index (χ0) is 13.5. The van der Waals surface area contributed by atoms with Gasteiger partial charge in [0.25, 0.3) is 0 Å². The molecule has 5 heteroatoms. The minimum atomic E-state index is -3.76. The highest BCUT2D eigenvalue weighted by Gasteiger charge is 2.31. The van der Waals surface area contributed by atoms with Gasteiger partial charge in [-0.2, -0.15) is 13.1 Å². The van der Waals surface area contributed by atoms with Gasteiger partial charge in [0.05, 0.1) is 6.04 Å². The Balaban J connectivity index is 2.18. The number of fused-ring (bicyclic) bond motifs is 1. The van der Waals surface area contributed by atoms with E-state index in [1.807, 2.05) is 49.4 Å². The maximum absolute atomic E-state index is 11.7. The summed E-state index contributed by atoms with van der Waals surface area (Å²) in [5.74, 6) is 0.387. The number of hydrogen-bond donors (Lipinski definition) is 1. The van der Waals surface area contributed by atoms with Crippen LogP contribution in [0.1, 0.15) is 22.7 Å². The average Bonchev–Trinajstić information content (AvgIpc) is 2.39. The minimum absolute atomic E-state index is 0.387. The minimum Gasteiger partial charge on any atom is -0.371 e. The number of benzene rings is 2. The van der Waals surface area contributed by atoms with Gasteiger partial charge in [0.1, 0.15) is 5.75 Å². The second-order valence-corrected chi connectivity index (χ2v) is 5.85. The molecule has 0 radical (unpaired) electrons. The van der Waals surface area contributed by atoms with Crippen LogP contribution in [0.4, 0.5) is 0 Å². The molecular formula is C14H13NO3S. The molecule has 0 bridgehead atoms. The lowest BCUT2D eigenvalue weighted by Gasteiger charge is -2.27. The van der Waals surface area contributed by atoms with Gasteiger partial charge in [-0.15, -0.1) is 0 Å². The maximum atomic E-state index is 11.7. The first kappa shape index (κ1) is 12.2. The van der Waals surface area contributed by atoms with Gasteiger partial charge in [0, 0.05) is 5.56 Å². The average molecular weight is 275 g/mol. The molecule has 98 valence electrons. The topological polar surface area (TPSA) is 55.4 Å². The van der Waals surface area contributed by atoms with Gasteiger partial charge < -0.3 is 4.18 Å². The highest BCUT2D eigenvalue weighted by molar-refractivity contribution is 7.85. The smallest absolute Gasteiger partial charge is 0.371 e. The van der Waals surface area contributed by atoms with Gasteiger partial charge in [-0.3, -0.25) is 0 Å². The van der Waals surface area contributed by atoms with Crippen molar-refractivity contribution in [3.05, 3.63) is 65.2 Å². The second-order valence-electron chi connectivity index (χ2n) is 4.54. The standard InChI is InChI=1S/C14H13NO3S/c1-10-7-8-13-12(9-10)14(15-19(16,17)18-13)11-5-3-2-4-6-11/h2-9,14-15H,1H3. The summed E-state index contributed by atoms with van der Waals surface area (Å²) in [5, 5.41) is 0. The van der Waals surface area contributed by atoms with Crippen molar-refractivity contribution >= 4 is 10.3 Å². The monoisotopic (exact) mass is 275 g/mol. The normalized spacial score (nSPS) is 20.4. The molecule has 0 aromatic heterocycles. The third-order valence-corrected chi connectivity index (χ3v) is 3.99. The highest BCUT2D eigenvalue weighted by atomic mass is 32.2. The van der Waals surface area contributed by atoms with Crippen molar-refractivity contribution in [2.24, 2.45) is 0 Å². The summed E-state index contributed by atoms with van der Waals surface area (Å²) in [6.45, 7) is 1.96. The number of aryl methyl sites for hydroxylation is 1.